The number of nitrogens with zero attached hydrogens (tertiary/aromatic N) is 2. The number of rotatable bonds is 7. The van der Waals surface area contributed by atoms with Crippen molar-refractivity contribution in [2.24, 2.45) is 5.16 Å². The molecular formula is C24H23N3O4. The molecule has 1 aliphatic rings. The van der Waals surface area contributed by atoms with Gasteiger partial charge in [0, 0.05) is 37.4 Å². The Kier molecular flexibility index (Phi) is 5.93. The Bertz CT molecular complexity index is 1120. The lowest BCUT2D eigenvalue weighted by molar-refractivity contribution is -0.166. The van der Waals surface area contributed by atoms with Gasteiger partial charge in [-0.15, -0.1) is 0 Å². The van der Waals surface area contributed by atoms with Gasteiger partial charge >= 0.3 is 5.97 Å². The molecule has 1 aromatic heterocycles. The maximum Gasteiger partial charge on any atom is 0.353 e. The van der Waals surface area contributed by atoms with Crippen LogP contribution in [-0.2, 0) is 20.8 Å². The molecule has 2 heterocycles. The summed E-state index contributed by atoms with van der Waals surface area (Å²) >= 11 is 0. The van der Waals surface area contributed by atoms with Gasteiger partial charge in [-0.2, -0.15) is 0 Å². The van der Waals surface area contributed by atoms with Gasteiger partial charge in [0.25, 0.3) is 5.91 Å². The number of hydrogen-bond acceptors (Lipinski definition) is 6. The van der Waals surface area contributed by atoms with Gasteiger partial charge < -0.3 is 14.9 Å². The first kappa shape index (κ1) is 20.5. The van der Waals surface area contributed by atoms with Gasteiger partial charge in [0.15, 0.2) is 0 Å². The van der Waals surface area contributed by atoms with Crippen molar-refractivity contribution >= 4 is 28.4 Å². The molecule has 7 heteroatoms. The Hall–Kier alpha value is -3.74. The highest BCUT2D eigenvalue weighted by molar-refractivity contribution is 6.05. The quantitative estimate of drug-likeness (QED) is 0.596. The molecule has 1 unspecified atom stereocenters. The minimum Gasteiger partial charge on any atom is -0.466 e. The number of carbonyl (C=O) groups is 2. The van der Waals surface area contributed by atoms with Crippen molar-refractivity contribution in [2.45, 2.75) is 24.9 Å². The number of methoxy groups -OCH3 is 1. The van der Waals surface area contributed by atoms with Crippen LogP contribution in [0.1, 0.15) is 28.9 Å². The summed E-state index contributed by atoms with van der Waals surface area (Å²) < 4.78 is 4.98. The average molecular weight is 417 g/mol. The molecule has 0 saturated heterocycles. The second-order valence-electron chi connectivity index (χ2n) is 7.46. The first-order valence-electron chi connectivity index (χ1n) is 10.1. The highest BCUT2D eigenvalue weighted by Gasteiger charge is 2.47. The van der Waals surface area contributed by atoms with E-state index in [9.17, 15) is 9.59 Å². The topological polar surface area (TPSA) is 89.9 Å². The van der Waals surface area contributed by atoms with Gasteiger partial charge in [-0.1, -0.05) is 59.8 Å². The van der Waals surface area contributed by atoms with Gasteiger partial charge in [0.2, 0.25) is 5.60 Å². The van der Waals surface area contributed by atoms with Gasteiger partial charge in [0.1, 0.15) is 5.69 Å². The van der Waals surface area contributed by atoms with Crippen molar-refractivity contribution in [1.82, 2.24) is 10.3 Å². The van der Waals surface area contributed by atoms with Crippen molar-refractivity contribution in [1.29, 1.82) is 0 Å². The molecule has 2 aromatic carbocycles. The van der Waals surface area contributed by atoms with E-state index in [4.69, 9.17) is 9.57 Å². The first-order chi connectivity index (χ1) is 15.1. The summed E-state index contributed by atoms with van der Waals surface area (Å²) in [5.41, 5.74) is 0.870. The van der Waals surface area contributed by atoms with Crippen LogP contribution in [0.25, 0.3) is 10.8 Å². The third-order valence-corrected chi connectivity index (χ3v) is 5.32. The van der Waals surface area contributed by atoms with Crippen LogP contribution in [0.15, 0.2) is 72.0 Å². The van der Waals surface area contributed by atoms with Crippen LogP contribution >= 0.6 is 0 Å². The first-order valence-corrected chi connectivity index (χ1v) is 10.1. The number of esters is 1. The van der Waals surface area contributed by atoms with Crippen LogP contribution in [0, 0.1) is 0 Å². The number of carbonyl (C=O) groups excluding carboxylic acids is 2. The predicted octanol–water partition coefficient (Wildman–Crippen LogP) is 3.29. The summed E-state index contributed by atoms with van der Waals surface area (Å²) in [5.74, 6) is -0.709. The van der Waals surface area contributed by atoms with E-state index in [0.29, 0.717) is 37.2 Å². The predicted molar refractivity (Wildman–Crippen MR) is 117 cm³/mol. The van der Waals surface area contributed by atoms with Crippen molar-refractivity contribution in [3.8, 4) is 0 Å². The lowest BCUT2D eigenvalue weighted by atomic mass is 9.89. The zero-order valence-corrected chi connectivity index (χ0v) is 17.2. The maximum atomic E-state index is 12.6. The van der Waals surface area contributed by atoms with Gasteiger partial charge in [-0.05, 0) is 17.0 Å². The van der Waals surface area contributed by atoms with Crippen LogP contribution in [0.2, 0.25) is 0 Å². The number of fused-ring (bicyclic) bond motifs is 1. The summed E-state index contributed by atoms with van der Waals surface area (Å²) in [4.78, 5) is 34.9. The van der Waals surface area contributed by atoms with Crippen LogP contribution in [-0.4, -0.2) is 41.8 Å². The molecule has 1 aliphatic heterocycles. The molecule has 158 valence electrons. The smallest absolute Gasteiger partial charge is 0.353 e. The van der Waals surface area contributed by atoms with E-state index in [1.54, 1.807) is 6.20 Å². The summed E-state index contributed by atoms with van der Waals surface area (Å²) in [6.07, 6.45) is 2.77. The second-order valence-corrected chi connectivity index (χ2v) is 7.46. The van der Waals surface area contributed by atoms with E-state index >= 15 is 0 Å². The molecule has 0 radical (unpaired) electrons. The fourth-order valence-electron chi connectivity index (χ4n) is 3.77. The summed E-state index contributed by atoms with van der Waals surface area (Å²) in [5, 5.41) is 8.77. The van der Waals surface area contributed by atoms with Crippen LogP contribution in [0.3, 0.4) is 0 Å². The second kappa shape index (κ2) is 8.95. The lowest BCUT2D eigenvalue weighted by Gasteiger charge is -2.23. The molecule has 3 aromatic rings. The Morgan fingerprint density at radius 3 is 2.68 bits per heavy atom. The number of pyridine rings is 1. The van der Waals surface area contributed by atoms with Gasteiger partial charge in [0.05, 0.1) is 12.8 Å². The monoisotopic (exact) mass is 417 g/mol. The molecular weight excluding hydrogens is 394 g/mol. The highest BCUT2D eigenvalue weighted by atomic mass is 16.7. The van der Waals surface area contributed by atoms with E-state index in [2.05, 4.69) is 15.5 Å². The molecule has 0 spiro atoms. The molecule has 0 fully saturated rings. The zero-order valence-electron chi connectivity index (χ0n) is 17.2. The average Bonchev–Trinajstić information content (AvgIpc) is 3.22. The Labute approximate surface area is 180 Å². The molecule has 1 atom stereocenters. The van der Waals surface area contributed by atoms with E-state index in [-0.39, 0.29) is 5.91 Å². The Balaban J connectivity index is 1.38. The van der Waals surface area contributed by atoms with Crippen molar-refractivity contribution in [3.05, 3.63) is 78.1 Å². The van der Waals surface area contributed by atoms with E-state index in [0.717, 1.165) is 16.3 Å². The third kappa shape index (κ3) is 4.40. The van der Waals surface area contributed by atoms with Crippen LogP contribution < -0.4 is 5.32 Å². The number of oxime groups is 1. The van der Waals surface area contributed by atoms with Crippen LogP contribution in [0.4, 0.5) is 0 Å². The van der Waals surface area contributed by atoms with E-state index in [1.165, 1.54) is 7.11 Å². The number of nitrogens with one attached hydrogen (secondary N) is 1. The Morgan fingerprint density at radius 2 is 1.87 bits per heavy atom. The zero-order chi connectivity index (χ0) is 21.7. The van der Waals surface area contributed by atoms with Gasteiger partial charge in [-0.3, -0.25) is 9.78 Å². The largest absolute Gasteiger partial charge is 0.466 e. The highest BCUT2D eigenvalue weighted by Crippen LogP contribution is 2.30. The molecule has 31 heavy (non-hydrogen) atoms. The molecule has 1 amide bonds. The van der Waals surface area contributed by atoms with Crippen LogP contribution in [0.5, 0.6) is 0 Å². The molecule has 4 rings (SSSR count). The fraction of sp³-hybridized carbons (Fsp3) is 0.250. The molecule has 0 bridgehead atoms. The lowest BCUT2D eigenvalue weighted by Crippen LogP contribution is -2.42. The van der Waals surface area contributed by atoms with E-state index in [1.807, 2.05) is 60.7 Å². The number of benzene rings is 2. The summed E-state index contributed by atoms with van der Waals surface area (Å²) in [6.45, 7) is 0.356. The molecule has 0 aliphatic carbocycles. The standard InChI is InChI=1S/C24H23N3O4/c1-30-23(29)24(15-17-7-3-2-4-8-17)16-19(27-31-24)12-14-26-22(28)21-20-10-6-5-9-18(20)11-13-25-21/h2-11,13H,12,14-16H2,1H3,(H,26,28). The van der Waals surface area contributed by atoms with Crippen molar-refractivity contribution < 1.29 is 19.2 Å². The maximum absolute atomic E-state index is 12.6. The molecule has 7 nitrogen and oxygen atoms in total. The fourth-order valence-corrected chi connectivity index (χ4v) is 3.77. The van der Waals surface area contributed by atoms with E-state index < -0.39 is 11.6 Å². The van der Waals surface area contributed by atoms with Gasteiger partial charge in [-0.25, -0.2) is 4.79 Å². The summed E-state index contributed by atoms with van der Waals surface area (Å²) in [6, 6.07) is 19.1. The third-order valence-electron chi connectivity index (χ3n) is 5.32. The number of hydrogen-bond donors (Lipinski definition) is 1. The summed E-state index contributed by atoms with van der Waals surface area (Å²) in [7, 11) is 1.34. The number of ether oxygens (including phenoxy) is 1. The minimum absolute atomic E-state index is 0.250. The number of amides is 1. The molecule has 1 N–H and O–H groups in total. The van der Waals surface area contributed by atoms with Crippen molar-refractivity contribution in [2.75, 3.05) is 13.7 Å². The van der Waals surface area contributed by atoms with Crippen molar-refractivity contribution in [3.63, 3.8) is 0 Å². The Morgan fingerprint density at radius 1 is 1.10 bits per heavy atom. The molecule has 0 saturated carbocycles. The SMILES string of the molecule is COC(=O)C1(Cc2ccccc2)CC(CCNC(=O)c2nccc3ccccc23)=NO1. The minimum atomic E-state index is -1.17. The normalized spacial score (nSPS) is 17.6. The number of aromatic nitrogens is 1.